The third-order valence-corrected chi connectivity index (χ3v) is 1.75. The van der Waals surface area contributed by atoms with Crippen molar-refractivity contribution in [1.29, 1.82) is 0 Å². The van der Waals surface area contributed by atoms with Crippen molar-refractivity contribution in [3.63, 3.8) is 0 Å². The van der Waals surface area contributed by atoms with Gasteiger partial charge in [0.1, 0.15) is 0 Å². The normalized spacial score (nSPS) is 31.0. The monoisotopic (exact) mass is 160 g/mol. The van der Waals surface area contributed by atoms with Gasteiger partial charge in [0.05, 0.1) is 12.0 Å². The molecule has 0 aromatic carbocycles. The highest BCUT2D eigenvalue weighted by molar-refractivity contribution is 6.27. The highest BCUT2D eigenvalue weighted by Gasteiger charge is 2.41. The number of rotatable bonds is 3. The van der Waals surface area contributed by atoms with Crippen molar-refractivity contribution in [3.8, 4) is 0 Å². The maximum absolute atomic E-state index is 10.9. The summed E-state index contributed by atoms with van der Waals surface area (Å²) in [5.41, 5.74) is 1.24. The summed E-state index contributed by atoms with van der Waals surface area (Å²) in [4.78, 5) is 10.9. The summed E-state index contributed by atoms with van der Waals surface area (Å²) in [5.74, 6) is 0.141. The molecule has 0 aromatic rings. The molecule has 0 saturated heterocycles. The number of carbonyl (C=O) groups is 1. The molecule has 0 aliphatic heterocycles. The second-order valence-electron chi connectivity index (χ2n) is 2.31. The van der Waals surface area contributed by atoms with E-state index in [0.717, 1.165) is 6.42 Å². The van der Waals surface area contributed by atoms with Gasteiger partial charge < -0.3 is 4.74 Å². The molecule has 0 N–H and O–H groups in total. The minimum atomic E-state index is 0.0694. The Morgan fingerprint density at radius 2 is 2.50 bits per heavy atom. The van der Waals surface area contributed by atoms with Gasteiger partial charge in [-0.3, -0.25) is 4.79 Å². The number of halogens is 1. The Balaban J connectivity index is 2.32. The molecule has 56 valence electrons. The van der Waals surface area contributed by atoms with E-state index in [1.807, 2.05) is 0 Å². The van der Waals surface area contributed by atoms with Gasteiger partial charge in [0.15, 0.2) is 5.78 Å². The zero-order valence-corrected chi connectivity index (χ0v) is 6.47. The van der Waals surface area contributed by atoms with Gasteiger partial charge in [-0.05, 0) is 12.5 Å². The highest BCUT2D eigenvalue weighted by atomic mass is 35.5. The van der Waals surface area contributed by atoms with E-state index >= 15 is 0 Å². The highest BCUT2D eigenvalue weighted by Crippen LogP contribution is 2.34. The zero-order chi connectivity index (χ0) is 7.56. The maximum Gasteiger partial charge on any atom is 0.162 e. The van der Waals surface area contributed by atoms with E-state index in [1.165, 1.54) is 11.6 Å². The first-order valence-corrected chi connectivity index (χ1v) is 3.56. The number of carbonyl (C=O) groups excluding carboxylic acids is 1. The number of hydrogen-bond donors (Lipinski definition) is 0. The van der Waals surface area contributed by atoms with Crippen molar-refractivity contribution in [1.82, 2.24) is 0 Å². The maximum atomic E-state index is 10.9. The van der Waals surface area contributed by atoms with Crippen molar-refractivity contribution >= 4 is 17.4 Å². The molecule has 10 heavy (non-hydrogen) atoms. The fourth-order valence-electron chi connectivity index (χ4n) is 0.917. The van der Waals surface area contributed by atoms with Crippen molar-refractivity contribution in [2.75, 3.05) is 7.11 Å². The van der Waals surface area contributed by atoms with Gasteiger partial charge in [-0.2, -0.15) is 0 Å². The Labute approximate surface area is 64.8 Å². The molecule has 1 saturated carbocycles. The summed E-state index contributed by atoms with van der Waals surface area (Å²) in [5, 5.41) is 0. The number of hydrogen-bond acceptors (Lipinski definition) is 2. The molecule has 3 heteroatoms. The molecule has 2 unspecified atom stereocenters. The lowest BCUT2D eigenvalue weighted by atomic mass is 10.3. The van der Waals surface area contributed by atoms with E-state index in [9.17, 15) is 4.79 Å². The van der Waals surface area contributed by atoms with Gasteiger partial charge in [-0.1, -0.05) is 11.6 Å². The summed E-state index contributed by atoms with van der Waals surface area (Å²) in [7, 11) is 1.61. The lowest BCUT2D eigenvalue weighted by Crippen LogP contribution is -2.01. The molecule has 1 aliphatic carbocycles. The molecule has 2 atom stereocenters. The number of methoxy groups -OCH3 is 1. The van der Waals surface area contributed by atoms with Crippen molar-refractivity contribution in [2.45, 2.75) is 12.5 Å². The molecule has 0 bridgehead atoms. The van der Waals surface area contributed by atoms with Crippen LogP contribution in [0.5, 0.6) is 0 Å². The largest absolute Gasteiger partial charge is 0.381 e. The molecule has 1 fully saturated rings. The molecule has 0 aromatic heterocycles. The smallest absolute Gasteiger partial charge is 0.162 e. The van der Waals surface area contributed by atoms with E-state index in [1.54, 1.807) is 7.11 Å². The van der Waals surface area contributed by atoms with Crippen LogP contribution in [-0.4, -0.2) is 19.0 Å². The van der Waals surface area contributed by atoms with Crippen LogP contribution in [0.2, 0.25) is 0 Å². The third kappa shape index (κ3) is 1.58. The average Bonchev–Trinajstić information content (AvgIpc) is 2.66. The van der Waals surface area contributed by atoms with Crippen LogP contribution < -0.4 is 0 Å². The molecule has 0 heterocycles. The van der Waals surface area contributed by atoms with Crippen LogP contribution in [-0.2, 0) is 9.53 Å². The van der Waals surface area contributed by atoms with Gasteiger partial charge in [-0.25, -0.2) is 0 Å². The summed E-state index contributed by atoms with van der Waals surface area (Å²) in [6.07, 6.45) is 2.36. The van der Waals surface area contributed by atoms with E-state index in [0.29, 0.717) is 0 Å². The Hall–Kier alpha value is -0.340. The van der Waals surface area contributed by atoms with Gasteiger partial charge in [0, 0.05) is 12.6 Å². The Bertz CT molecular complexity index is 165. The summed E-state index contributed by atoms with van der Waals surface area (Å²) < 4.78 is 4.94. The number of ketones is 1. The van der Waals surface area contributed by atoms with E-state index < -0.39 is 0 Å². The lowest BCUT2D eigenvalue weighted by molar-refractivity contribution is -0.116. The van der Waals surface area contributed by atoms with Gasteiger partial charge in [0.25, 0.3) is 0 Å². The number of ether oxygens (including phenoxy) is 1. The van der Waals surface area contributed by atoms with Crippen LogP contribution in [0, 0.1) is 5.92 Å². The average molecular weight is 161 g/mol. The zero-order valence-electron chi connectivity index (χ0n) is 5.71. The van der Waals surface area contributed by atoms with Crippen molar-refractivity contribution < 1.29 is 9.53 Å². The topological polar surface area (TPSA) is 26.3 Å². The van der Waals surface area contributed by atoms with Crippen LogP contribution in [0.1, 0.15) is 6.42 Å². The van der Waals surface area contributed by atoms with Crippen LogP contribution in [0.3, 0.4) is 0 Å². The minimum Gasteiger partial charge on any atom is -0.381 e. The first kappa shape index (κ1) is 7.76. The predicted molar refractivity (Wildman–Crippen MR) is 38.9 cm³/mol. The third-order valence-electron chi connectivity index (χ3n) is 1.63. The van der Waals surface area contributed by atoms with Crippen molar-refractivity contribution in [2.24, 2.45) is 5.92 Å². The quantitative estimate of drug-likeness (QED) is 0.583. The second-order valence-corrected chi connectivity index (χ2v) is 2.56. The SMILES string of the molecule is COC1CC1C(=O)/C=C/Cl. The molecule has 1 aliphatic rings. The first-order valence-electron chi connectivity index (χ1n) is 3.13. The minimum absolute atomic E-state index is 0.0694. The lowest BCUT2D eigenvalue weighted by Gasteiger charge is -1.90. The van der Waals surface area contributed by atoms with Crippen LogP contribution >= 0.6 is 11.6 Å². The Kier molecular flexibility index (Phi) is 2.46. The standard InChI is InChI=1S/C7H9ClO2/c1-10-7-4-5(7)6(9)2-3-8/h2-3,5,7H,4H2,1H3/b3-2+. The van der Waals surface area contributed by atoms with Gasteiger partial charge in [0.2, 0.25) is 0 Å². The Morgan fingerprint density at radius 1 is 1.80 bits per heavy atom. The fraction of sp³-hybridized carbons (Fsp3) is 0.571. The summed E-state index contributed by atoms with van der Waals surface area (Å²) in [6, 6.07) is 0. The molecule has 2 nitrogen and oxygen atoms in total. The molecular weight excluding hydrogens is 152 g/mol. The molecule has 0 amide bonds. The van der Waals surface area contributed by atoms with E-state index in [4.69, 9.17) is 16.3 Å². The molecule has 1 rings (SSSR count). The Morgan fingerprint density at radius 3 is 2.90 bits per heavy atom. The molecule has 0 spiro atoms. The van der Waals surface area contributed by atoms with Crippen LogP contribution in [0.15, 0.2) is 11.6 Å². The predicted octanol–water partition coefficient (Wildman–Crippen LogP) is 1.34. The summed E-state index contributed by atoms with van der Waals surface area (Å²) >= 11 is 5.22. The van der Waals surface area contributed by atoms with E-state index in [2.05, 4.69) is 0 Å². The molecular formula is C7H9ClO2. The fourth-order valence-corrected chi connectivity index (χ4v) is 1.04. The van der Waals surface area contributed by atoms with Crippen molar-refractivity contribution in [3.05, 3.63) is 11.6 Å². The van der Waals surface area contributed by atoms with Gasteiger partial charge in [-0.15, -0.1) is 0 Å². The second kappa shape index (κ2) is 3.17. The van der Waals surface area contributed by atoms with Crippen LogP contribution in [0.25, 0.3) is 0 Å². The molecule has 0 radical (unpaired) electrons. The number of allylic oxidation sites excluding steroid dienone is 1. The van der Waals surface area contributed by atoms with Crippen LogP contribution in [0.4, 0.5) is 0 Å². The first-order chi connectivity index (χ1) is 4.79. The summed E-state index contributed by atoms with van der Waals surface area (Å²) in [6.45, 7) is 0. The van der Waals surface area contributed by atoms with Gasteiger partial charge >= 0.3 is 0 Å². The van der Waals surface area contributed by atoms with E-state index in [-0.39, 0.29) is 17.8 Å².